The van der Waals surface area contributed by atoms with Gasteiger partial charge in [0, 0.05) is 18.3 Å². The predicted molar refractivity (Wildman–Crippen MR) is 131 cm³/mol. The van der Waals surface area contributed by atoms with Crippen LogP contribution < -0.4 is 10.2 Å². The summed E-state index contributed by atoms with van der Waals surface area (Å²) in [7, 11) is 0. The number of rotatable bonds is 9. The average molecular weight is 425 g/mol. The normalized spacial score (nSPS) is 10.7. The first-order chi connectivity index (χ1) is 15.5. The van der Waals surface area contributed by atoms with Gasteiger partial charge in [0.2, 0.25) is 5.91 Å². The standard InChI is InChI=1S/C28H28N2O2/c1-3-18-29-27(31)20-24-12-15-26(16-13-24)30(21-25-11-7-8-22(2)19-25)28(32)17-14-23-9-5-4-6-10-23/h3-17,19H,1,18,20-21H2,2H3,(H,29,31). The van der Waals surface area contributed by atoms with Crippen LogP contribution in [0.2, 0.25) is 0 Å². The number of anilines is 1. The van der Waals surface area contributed by atoms with E-state index in [1.165, 1.54) is 0 Å². The third kappa shape index (κ3) is 6.81. The Labute approximate surface area is 189 Å². The molecule has 3 aromatic rings. The molecule has 162 valence electrons. The van der Waals surface area contributed by atoms with E-state index in [9.17, 15) is 9.59 Å². The summed E-state index contributed by atoms with van der Waals surface area (Å²) >= 11 is 0. The molecule has 3 rings (SSSR count). The number of amides is 2. The van der Waals surface area contributed by atoms with Gasteiger partial charge in [0.25, 0.3) is 5.91 Å². The first-order valence-electron chi connectivity index (χ1n) is 10.6. The highest BCUT2D eigenvalue weighted by molar-refractivity contribution is 6.03. The Morgan fingerprint density at radius 1 is 0.938 bits per heavy atom. The number of carbonyl (C=O) groups excluding carboxylic acids is 2. The minimum absolute atomic E-state index is 0.0591. The van der Waals surface area contributed by atoms with Crippen LogP contribution in [0.3, 0.4) is 0 Å². The smallest absolute Gasteiger partial charge is 0.251 e. The molecular weight excluding hydrogens is 396 g/mol. The molecule has 4 nitrogen and oxygen atoms in total. The average Bonchev–Trinajstić information content (AvgIpc) is 2.81. The van der Waals surface area contributed by atoms with E-state index in [1.54, 1.807) is 17.1 Å². The molecular formula is C28H28N2O2. The van der Waals surface area contributed by atoms with Crippen molar-refractivity contribution in [2.75, 3.05) is 11.4 Å². The van der Waals surface area contributed by atoms with E-state index in [0.717, 1.165) is 27.9 Å². The van der Waals surface area contributed by atoms with Crippen molar-refractivity contribution < 1.29 is 9.59 Å². The number of carbonyl (C=O) groups is 2. The maximum absolute atomic E-state index is 13.2. The Hall–Kier alpha value is -3.92. The fourth-order valence-electron chi connectivity index (χ4n) is 3.34. The highest BCUT2D eigenvalue weighted by Crippen LogP contribution is 2.20. The molecule has 4 heteroatoms. The van der Waals surface area contributed by atoms with Crippen LogP contribution >= 0.6 is 0 Å². The molecule has 0 aliphatic rings. The zero-order chi connectivity index (χ0) is 22.8. The van der Waals surface area contributed by atoms with Crippen molar-refractivity contribution in [1.82, 2.24) is 5.32 Å². The van der Waals surface area contributed by atoms with E-state index < -0.39 is 0 Å². The summed E-state index contributed by atoms with van der Waals surface area (Å²) < 4.78 is 0. The van der Waals surface area contributed by atoms with Crippen LogP contribution in [-0.2, 0) is 22.6 Å². The molecule has 0 unspecified atom stereocenters. The number of aryl methyl sites for hydroxylation is 1. The lowest BCUT2D eigenvalue weighted by Crippen LogP contribution is -2.29. The van der Waals surface area contributed by atoms with E-state index in [0.29, 0.717) is 13.1 Å². The summed E-state index contributed by atoms with van der Waals surface area (Å²) in [6, 6.07) is 25.4. The van der Waals surface area contributed by atoms with Gasteiger partial charge in [0.1, 0.15) is 0 Å². The van der Waals surface area contributed by atoms with Crippen molar-refractivity contribution in [2.24, 2.45) is 0 Å². The van der Waals surface area contributed by atoms with Crippen molar-refractivity contribution in [1.29, 1.82) is 0 Å². The van der Waals surface area contributed by atoms with Crippen LogP contribution in [0.1, 0.15) is 22.3 Å². The topological polar surface area (TPSA) is 49.4 Å². The molecule has 0 aliphatic heterocycles. The first-order valence-corrected chi connectivity index (χ1v) is 10.6. The molecule has 1 N–H and O–H groups in total. The quantitative estimate of drug-likeness (QED) is 0.384. The summed E-state index contributed by atoms with van der Waals surface area (Å²) in [4.78, 5) is 26.9. The SMILES string of the molecule is C=CCNC(=O)Cc1ccc(N(Cc2cccc(C)c2)C(=O)C=Cc2ccccc2)cc1. The molecule has 0 spiro atoms. The van der Waals surface area contributed by atoms with Crippen LogP contribution in [-0.4, -0.2) is 18.4 Å². The van der Waals surface area contributed by atoms with Crippen LogP contribution in [0.15, 0.2) is 97.6 Å². The fourth-order valence-corrected chi connectivity index (χ4v) is 3.34. The summed E-state index contributed by atoms with van der Waals surface area (Å²) in [5.41, 5.74) is 4.84. The third-order valence-electron chi connectivity index (χ3n) is 4.96. The molecule has 0 heterocycles. The van der Waals surface area contributed by atoms with Crippen LogP contribution in [0, 0.1) is 6.92 Å². The van der Waals surface area contributed by atoms with E-state index in [-0.39, 0.29) is 18.2 Å². The highest BCUT2D eigenvalue weighted by atomic mass is 16.2. The Kier molecular flexibility index (Phi) is 8.15. The minimum atomic E-state index is -0.105. The number of nitrogens with zero attached hydrogens (tertiary/aromatic N) is 1. The molecule has 0 aliphatic carbocycles. The second-order valence-corrected chi connectivity index (χ2v) is 7.59. The lowest BCUT2D eigenvalue weighted by molar-refractivity contribution is -0.120. The molecule has 0 radical (unpaired) electrons. The summed E-state index contributed by atoms with van der Waals surface area (Å²) in [6.45, 7) is 6.55. The monoisotopic (exact) mass is 424 g/mol. The van der Waals surface area contributed by atoms with Crippen LogP contribution in [0.25, 0.3) is 6.08 Å². The zero-order valence-corrected chi connectivity index (χ0v) is 18.3. The van der Waals surface area contributed by atoms with Gasteiger partial charge in [-0.1, -0.05) is 78.4 Å². The number of benzene rings is 3. The summed E-state index contributed by atoms with van der Waals surface area (Å²) in [5, 5.41) is 2.78. The van der Waals surface area contributed by atoms with E-state index in [4.69, 9.17) is 0 Å². The zero-order valence-electron chi connectivity index (χ0n) is 18.3. The van der Waals surface area contributed by atoms with Gasteiger partial charge in [-0.2, -0.15) is 0 Å². The van der Waals surface area contributed by atoms with Gasteiger partial charge in [0.15, 0.2) is 0 Å². The van der Waals surface area contributed by atoms with E-state index in [2.05, 4.69) is 18.0 Å². The molecule has 3 aromatic carbocycles. The summed E-state index contributed by atoms with van der Waals surface area (Å²) in [5.74, 6) is -0.164. The maximum atomic E-state index is 13.2. The second kappa shape index (κ2) is 11.5. The van der Waals surface area contributed by atoms with Gasteiger partial charge in [-0.25, -0.2) is 0 Å². The Balaban J connectivity index is 1.81. The van der Waals surface area contributed by atoms with Crippen LogP contribution in [0.5, 0.6) is 0 Å². The van der Waals surface area contributed by atoms with Gasteiger partial charge in [0.05, 0.1) is 13.0 Å². The molecule has 0 atom stereocenters. The van der Waals surface area contributed by atoms with Crippen molar-refractivity contribution in [3.05, 3.63) is 120 Å². The third-order valence-corrected chi connectivity index (χ3v) is 4.96. The van der Waals surface area contributed by atoms with Gasteiger partial charge >= 0.3 is 0 Å². The summed E-state index contributed by atoms with van der Waals surface area (Å²) in [6.07, 6.45) is 5.36. The van der Waals surface area contributed by atoms with Gasteiger partial charge in [-0.3, -0.25) is 9.59 Å². The Morgan fingerprint density at radius 3 is 2.38 bits per heavy atom. The molecule has 0 bridgehead atoms. The largest absolute Gasteiger partial charge is 0.352 e. The van der Waals surface area contributed by atoms with Crippen LogP contribution in [0.4, 0.5) is 5.69 Å². The van der Waals surface area contributed by atoms with Gasteiger partial charge < -0.3 is 10.2 Å². The molecule has 32 heavy (non-hydrogen) atoms. The molecule has 0 saturated heterocycles. The number of nitrogens with one attached hydrogen (secondary N) is 1. The van der Waals surface area contributed by atoms with Crippen molar-refractivity contribution >= 4 is 23.6 Å². The molecule has 0 aromatic heterocycles. The molecule has 2 amide bonds. The van der Waals surface area contributed by atoms with Crippen molar-refractivity contribution in [2.45, 2.75) is 19.9 Å². The second-order valence-electron chi connectivity index (χ2n) is 7.59. The van der Waals surface area contributed by atoms with Gasteiger partial charge in [-0.15, -0.1) is 6.58 Å². The lowest BCUT2D eigenvalue weighted by Gasteiger charge is -2.22. The molecule has 0 fully saturated rings. The number of hydrogen-bond donors (Lipinski definition) is 1. The predicted octanol–water partition coefficient (Wildman–Crippen LogP) is 5.09. The minimum Gasteiger partial charge on any atom is -0.352 e. The highest BCUT2D eigenvalue weighted by Gasteiger charge is 2.15. The van der Waals surface area contributed by atoms with Crippen molar-refractivity contribution in [3.63, 3.8) is 0 Å². The lowest BCUT2D eigenvalue weighted by atomic mass is 10.1. The first kappa shape index (κ1) is 22.8. The Bertz CT molecular complexity index is 1090. The number of hydrogen-bond acceptors (Lipinski definition) is 2. The molecule has 0 saturated carbocycles. The Morgan fingerprint density at radius 2 is 1.69 bits per heavy atom. The van der Waals surface area contributed by atoms with Gasteiger partial charge in [-0.05, 0) is 41.8 Å². The fraction of sp³-hybridized carbons (Fsp3) is 0.143. The van der Waals surface area contributed by atoms with Crippen molar-refractivity contribution in [3.8, 4) is 0 Å². The maximum Gasteiger partial charge on any atom is 0.251 e. The van der Waals surface area contributed by atoms with E-state index in [1.807, 2.05) is 85.8 Å². The van der Waals surface area contributed by atoms with E-state index >= 15 is 0 Å².